The van der Waals surface area contributed by atoms with Crippen molar-refractivity contribution in [3.05, 3.63) is 0 Å². The van der Waals surface area contributed by atoms with Crippen LogP contribution in [0.25, 0.3) is 0 Å². The first-order valence-corrected chi connectivity index (χ1v) is 1.33. The molecule has 6 heteroatoms. The Morgan fingerprint density at radius 1 is 1.33 bits per heavy atom. The minimum absolute atomic E-state index is 0. The second-order valence-corrected chi connectivity index (χ2v) is 0.982. The molecule has 0 rings (SSSR count). The van der Waals surface area contributed by atoms with Gasteiger partial charge in [-0.3, -0.25) is 0 Å². The molecule has 1 nitrogen and oxygen atoms in total. The first kappa shape index (κ1) is 24.8. The van der Waals surface area contributed by atoms with Gasteiger partial charge in [-0.15, -0.1) is 4.08 Å². The molecule has 0 fully saturated rings. The normalized spacial score (nSPS) is 3.50. The number of hydrogen-bond donors (Lipinski definition) is 0. The van der Waals surface area contributed by atoms with E-state index in [0.29, 0.717) is 0 Å². The Morgan fingerprint density at radius 2 is 1.33 bits per heavy atom. The van der Waals surface area contributed by atoms with Gasteiger partial charge in [0.2, 0.25) is 0 Å². The molecule has 1 atom stereocenters. The molecule has 0 spiro atoms. The molecule has 36 valence electrons. The fourth-order valence-electron chi connectivity index (χ4n) is 0. The van der Waals surface area contributed by atoms with Crippen LogP contribution in [0.3, 0.4) is 0 Å². The molecule has 0 aliphatic heterocycles. The quantitative estimate of drug-likeness (QED) is 0.293. The molecule has 0 aliphatic carbocycles. The summed E-state index contributed by atoms with van der Waals surface area (Å²) in [7, 11) is 1.24. The topological polar surface area (TPSA) is 9.23 Å². The van der Waals surface area contributed by atoms with Gasteiger partial charge >= 0.3 is 19.5 Å². The van der Waals surface area contributed by atoms with E-state index in [0.717, 1.165) is 0 Å². The van der Waals surface area contributed by atoms with Gasteiger partial charge in [0, 0.05) is 0 Å². The summed E-state index contributed by atoms with van der Waals surface area (Å²) in [6.07, 6.45) is 0. The zero-order valence-corrected chi connectivity index (χ0v) is 9.61. The van der Waals surface area contributed by atoms with Crippen LogP contribution in [0.4, 0.5) is 0 Å². The van der Waals surface area contributed by atoms with Crippen molar-refractivity contribution in [2.24, 2.45) is 0 Å². The largest absolute Gasteiger partial charge is 2.00 e. The summed E-state index contributed by atoms with van der Waals surface area (Å²) >= 11 is 4.51. The molecule has 0 aromatic carbocycles. The molecule has 0 N–H and O–H groups in total. The molecule has 0 amide bonds. The summed E-state index contributed by atoms with van der Waals surface area (Å²) in [4.78, 5) is 0. The van der Waals surface area contributed by atoms with Gasteiger partial charge in [-0.25, -0.2) is 0 Å². The second-order valence-electron chi connectivity index (χ2n) is 0.109. The van der Waals surface area contributed by atoms with Crippen LogP contribution >= 0.6 is 21.3 Å². The maximum Gasteiger partial charge on any atom is 2.00 e. The van der Waals surface area contributed by atoms with E-state index < -0.39 is 0 Å². The van der Waals surface area contributed by atoms with Gasteiger partial charge in [0.25, 0.3) is 0 Å². The van der Waals surface area contributed by atoms with Crippen molar-refractivity contribution in [3.63, 3.8) is 0 Å². The van der Waals surface area contributed by atoms with Crippen molar-refractivity contribution in [1.29, 1.82) is 0 Å². The molecule has 0 saturated carbocycles. The summed E-state index contributed by atoms with van der Waals surface area (Å²) in [6.45, 7) is 0. The average molecular weight is 222 g/mol. The Hall–Kier alpha value is 1.88. The van der Waals surface area contributed by atoms with E-state index in [1.807, 2.05) is 0 Å². The molecule has 0 bridgehead atoms. The Kier molecular flexibility index (Phi) is 118. The summed E-state index contributed by atoms with van der Waals surface area (Å²) in [6, 6.07) is 0. The molecule has 0 heterocycles. The Balaban J connectivity index is -0.00000000667. The average Bonchev–Trinajstić information content (AvgIpc) is 0.918. The predicted octanol–water partition coefficient (Wildman–Crippen LogP) is -5.32. The van der Waals surface area contributed by atoms with E-state index in [1.165, 1.54) is 9.47 Å². The molecule has 6 heavy (non-hydrogen) atoms. The number of hydrogen-bond acceptors (Lipinski definition) is 1. The zero-order chi connectivity index (χ0) is 2.71. The van der Waals surface area contributed by atoms with Crippen molar-refractivity contribution in [2.75, 3.05) is 0 Å². The molecule has 0 aromatic rings. The van der Waals surface area contributed by atoms with Crippen LogP contribution in [0.15, 0.2) is 0 Å². The van der Waals surface area contributed by atoms with Crippen LogP contribution in [0.1, 0.15) is 0 Å². The summed E-state index contributed by atoms with van der Waals surface area (Å²) in [5, 5.41) is 0. The fourth-order valence-corrected chi connectivity index (χ4v) is 0. The first-order valence-electron chi connectivity index (χ1n) is 0.443. The SMILES string of the molecule is [Cl-].[Cl-].[PH3+]OCl.[Zn+2]. The van der Waals surface area contributed by atoms with Crippen LogP contribution in [0, 0.1) is 0 Å². The molecule has 0 radical (unpaired) electrons. The van der Waals surface area contributed by atoms with Crippen LogP contribution in [-0.4, -0.2) is 0 Å². The van der Waals surface area contributed by atoms with E-state index in [9.17, 15) is 0 Å². The van der Waals surface area contributed by atoms with E-state index in [4.69, 9.17) is 0 Å². The smallest absolute Gasteiger partial charge is 1.00 e. The Morgan fingerprint density at radius 3 is 1.33 bits per heavy atom. The Bertz CT molecular complexity index is 10.8. The first-order chi connectivity index (χ1) is 1.41. The van der Waals surface area contributed by atoms with Gasteiger partial charge in [-0.05, 0) is 0 Å². The Labute approximate surface area is 69.6 Å². The van der Waals surface area contributed by atoms with Crippen molar-refractivity contribution in [3.8, 4) is 0 Å². The standard InChI is InChI=1S/ClH3OP.2ClH.Zn/c1-2-3;;;/h3H3;2*1H;/q+1;;;+2/p-2. The van der Waals surface area contributed by atoms with Gasteiger partial charge in [-0.2, -0.15) is 0 Å². The number of halogens is 3. The molecule has 0 aliphatic rings. The van der Waals surface area contributed by atoms with Gasteiger partial charge in [0.05, 0.1) is 0 Å². The third-order valence-corrected chi connectivity index (χ3v) is 0. The molecule has 0 saturated heterocycles. The van der Waals surface area contributed by atoms with E-state index in [2.05, 4.69) is 15.9 Å². The van der Waals surface area contributed by atoms with Crippen molar-refractivity contribution in [1.82, 2.24) is 0 Å². The van der Waals surface area contributed by atoms with Gasteiger partial charge < -0.3 is 24.8 Å². The van der Waals surface area contributed by atoms with E-state index in [1.54, 1.807) is 0 Å². The minimum atomic E-state index is 0. The van der Waals surface area contributed by atoms with Gasteiger partial charge in [-0.1, -0.05) is 0 Å². The minimum Gasteiger partial charge on any atom is -1.00 e. The zero-order valence-electron chi connectivity index (χ0n) is 2.96. The fraction of sp³-hybridized carbons (Fsp3) is 0. The molecular formula is H3Cl3OPZn+. The predicted molar refractivity (Wildman–Crippen MR) is 18.0 cm³/mol. The molecule has 0 aromatic heterocycles. The third-order valence-electron chi connectivity index (χ3n) is 0. The van der Waals surface area contributed by atoms with Gasteiger partial charge in [0.1, 0.15) is 21.3 Å². The van der Waals surface area contributed by atoms with Crippen LogP contribution < -0.4 is 24.8 Å². The van der Waals surface area contributed by atoms with Crippen molar-refractivity contribution in [2.45, 2.75) is 0 Å². The molecule has 1 unspecified atom stereocenters. The summed E-state index contributed by atoms with van der Waals surface area (Å²) < 4.78 is 3.75. The maximum atomic E-state index is 4.51. The van der Waals surface area contributed by atoms with E-state index in [-0.39, 0.29) is 44.3 Å². The third kappa shape index (κ3) is 39.6. The van der Waals surface area contributed by atoms with E-state index >= 15 is 0 Å². The summed E-state index contributed by atoms with van der Waals surface area (Å²) in [5.41, 5.74) is 0. The van der Waals surface area contributed by atoms with Crippen molar-refractivity contribution < 1.29 is 48.4 Å². The molecular weight excluding hydrogens is 219 g/mol. The second kappa shape index (κ2) is 28.7. The van der Waals surface area contributed by atoms with Gasteiger partial charge in [0.15, 0.2) is 0 Å². The van der Waals surface area contributed by atoms with Crippen molar-refractivity contribution >= 4 is 21.3 Å². The monoisotopic (exact) mass is 219 g/mol. The van der Waals surface area contributed by atoms with Crippen LogP contribution in [-0.2, 0) is 23.6 Å². The van der Waals surface area contributed by atoms with Crippen LogP contribution in [0.2, 0.25) is 0 Å². The number of rotatable bonds is 0. The van der Waals surface area contributed by atoms with Crippen LogP contribution in [0.5, 0.6) is 0 Å². The maximum absolute atomic E-state index is 4.51. The summed E-state index contributed by atoms with van der Waals surface area (Å²) in [5.74, 6) is 0.